The minimum atomic E-state index is -0.616. The van der Waals surface area contributed by atoms with Crippen molar-refractivity contribution in [2.45, 2.75) is 31.0 Å². The molecule has 3 amide bonds. The standard InChI is InChI=1S/C26H25N3O4/c1-33-19-11-9-16(10-12-19)13-22-26(32)29-15-18(14-23(29)25(31)28-22)27-24(30)21-8-4-6-17-5-2-3-7-20(17)21/h2-12,18,22-23H,13-15H2,1H3,(H,27,30)(H,28,31)/t18-,22-,23-/m0/s1. The van der Waals surface area contributed by atoms with Crippen molar-refractivity contribution >= 4 is 28.5 Å². The average molecular weight is 444 g/mol. The first-order chi connectivity index (χ1) is 16.0. The summed E-state index contributed by atoms with van der Waals surface area (Å²) in [4.78, 5) is 40.5. The van der Waals surface area contributed by atoms with Crippen molar-refractivity contribution in [1.29, 1.82) is 0 Å². The minimum absolute atomic E-state index is 0.114. The first-order valence-corrected chi connectivity index (χ1v) is 11.1. The zero-order valence-electron chi connectivity index (χ0n) is 18.3. The van der Waals surface area contributed by atoms with Gasteiger partial charge in [-0.25, -0.2) is 0 Å². The van der Waals surface area contributed by atoms with Crippen LogP contribution in [0.5, 0.6) is 5.75 Å². The lowest BCUT2D eigenvalue weighted by atomic mass is 10.0. The normalized spacial score (nSPS) is 22.1. The van der Waals surface area contributed by atoms with E-state index in [1.165, 1.54) is 0 Å². The summed E-state index contributed by atoms with van der Waals surface area (Å²) in [6.07, 6.45) is 0.814. The highest BCUT2D eigenvalue weighted by Gasteiger charge is 2.46. The summed E-state index contributed by atoms with van der Waals surface area (Å²) in [5.74, 6) is 0.258. The number of rotatable bonds is 5. The predicted molar refractivity (Wildman–Crippen MR) is 124 cm³/mol. The number of nitrogens with one attached hydrogen (secondary N) is 2. The molecule has 0 aliphatic carbocycles. The van der Waals surface area contributed by atoms with Gasteiger partial charge in [0.15, 0.2) is 0 Å². The van der Waals surface area contributed by atoms with Crippen molar-refractivity contribution in [2.75, 3.05) is 13.7 Å². The highest BCUT2D eigenvalue weighted by Crippen LogP contribution is 2.25. The summed E-state index contributed by atoms with van der Waals surface area (Å²) in [6, 6.07) is 19.3. The van der Waals surface area contributed by atoms with Crippen molar-refractivity contribution < 1.29 is 19.1 Å². The molecular weight excluding hydrogens is 418 g/mol. The maximum Gasteiger partial charge on any atom is 0.252 e. The molecule has 3 aromatic carbocycles. The van der Waals surface area contributed by atoms with Gasteiger partial charge in [-0.15, -0.1) is 0 Å². The van der Waals surface area contributed by atoms with Crippen molar-refractivity contribution in [1.82, 2.24) is 15.5 Å². The number of fused-ring (bicyclic) bond motifs is 2. The second-order valence-corrected chi connectivity index (χ2v) is 8.55. The molecule has 0 aromatic heterocycles. The van der Waals surface area contributed by atoms with E-state index < -0.39 is 12.1 Å². The van der Waals surface area contributed by atoms with E-state index in [9.17, 15) is 14.4 Å². The third-order valence-electron chi connectivity index (χ3n) is 6.47. The van der Waals surface area contributed by atoms with E-state index >= 15 is 0 Å². The van der Waals surface area contributed by atoms with Crippen LogP contribution in [0.15, 0.2) is 66.7 Å². The molecule has 5 rings (SSSR count). The summed E-state index contributed by atoms with van der Waals surface area (Å²) in [5, 5.41) is 7.77. The maximum atomic E-state index is 13.1. The van der Waals surface area contributed by atoms with Crippen molar-refractivity contribution in [3.8, 4) is 5.75 Å². The molecular formula is C26H25N3O4. The highest BCUT2D eigenvalue weighted by atomic mass is 16.5. The highest BCUT2D eigenvalue weighted by molar-refractivity contribution is 6.07. The predicted octanol–water partition coefficient (Wildman–Crippen LogP) is 2.29. The van der Waals surface area contributed by atoms with Gasteiger partial charge in [-0.2, -0.15) is 0 Å². The fourth-order valence-corrected chi connectivity index (χ4v) is 4.78. The van der Waals surface area contributed by atoms with Crippen molar-refractivity contribution in [3.05, 3.63) is 77.9 Å². The van der Waals surface area contributed by atoms with Crippen LogP contribution in [-0.2, 0) is 16.0 Å². The Labute approximate surface area is 191 Å². The smallest absolute Gasteiger partial charge is 0.252 e. The Balaban J connectivity index is 1.28. The Hall–Kier alpha value is -3.87. The number of carbonyl (C=O) groups is 3. The number of ether oxygens (including phenoxy) is 1. The second-order valence-electron chi connectivity index (χ2n) is 8.55. The number of carbonyl (C=O) groups excluding carboxylic acids is 3. The molecule has 0 unspecified atom stereocenters. The molecule has 7 heteroatoms. The van der Waals surface area contributed by atoms with Crippen molar-refractivity contribution in [2.24, 2.45) is 0 Å². The molecule has 2 aliphatic rings. The van der Waals surface area contributed by atoms with E-state index in [1.807, 2.05) is 60.7 Å². The van der Waals surface area contributed by atoms with E-state index in [1.54, 1.807) is 18.1 Å². The fraction of sp³-hybridized carbons (Fsp3) is 0.269. The van der Waals surface area contributed by atoms with Gasteiger partial charge in [-0.05, 0) is 41.0 Å². The number of nitrogens with zero attached hydrogens (tertiary/aromatic N) is 1. The van der Waals surface area contributed by atoms with Crippen LogP contribution >= 0.6 is 0 Å². The molecule has 0 bridgehead atoms. The Morgan fingerprint density at radius 3 is 2.61 bits per heavy atom. The number of hydrogen-bond donors (Lipinski definition) is 2. The Morgan fingerprint density at radius 2 is 1.82 bits per heavy atom. The monoisotopic (exact) mass is 443 g/mol. The molecule has 0 saturated carbocycles. The maximum absolute atomic E-state index is 13.1. The molecule has 3 atom stereocenters. The first kappa shape index (κ1) is 21.0. The van der Waals surface area contributed by atoms with Crippen LogP contribution in [-0.4, -0.2) is 54.4 Å². The van der Waals surface area contributed by atoms with E-state index in [2.05, 4.69) is 10.6 Å². The van der Waals surface area contributed by atoms with E-state index in [0.717, 1.165) is 22.1 Å². The summed E-state index contributed by atoms with van der Waals surface area (Å²) >= 11 is 0. The summed E-state index contributed by atoms with van der Waals surface area (Å²) in [6.45, 7) is 0.326. The van der Waals surface area contributed by atoms with E-state index in [-0.39, 0.29) is 23.8 Å². The summed E-state index contributed by atoms with van der Waals surface area (Å²) < 4.78 is 5.17. The third kappa shape index (κ3) is 4.02. The molecule has 33 heavy (non-hydrogen) atoms. The number of amides is 3. The molecule has 0 spiro atoms. The van der Waals surface area contributed by atoms with Gasteiger partial charge >= 0.3 is 0 Å². The lowest BCUT2D eigenvalue weighted by Gasteiger charge is -2.34. The molecule has 168 valence electrons. The number of benzene rings is 3. The molecule has 3 aromatic rings. The number of hydrogen-bond acceptors (Lipinski definition) is 4. The van der Waals surface area contributed by atoms with Crippen LogP contribution in [0.4, 0.5) is 0 Å². The van der Waals surface area contributed by atoms with Crippen LogP contribution in [0.2, 0.25) is 0 Å². The van der Waals surface area contributed by atoms with Gasteiger partial charge in [0, 0.05) is 24.6 Å². The lowest BCUT2D eigenvalue weighted by molar-refractivity contribution is -0.147. The topological polar surface area (TPSA) is 87.7 Å². The van der Waals surface area contributed by atoms with Gasteiger partial charge in [-0.1, -0.05) is 48.5 Å². The lowest BCUT2D eigenvalue weighted by Crippen LogP contribution is -2.61. The van der Waals surface area contributed by atoms with Crippen LogP contribution < -0.4 is 15.4 Å². The van der Waals surface area contributed by atoms with Crippen LogP contribution in [0, 0.1) is 0 Å². The Kier molecular flexibility index (Phi) is 5.46. The molecule has 2 N–H and O–H groups in total. The Morgan fingerprint density at radius 1 is 1.06 bits per heavy atom. The molecule has 0 radical (unpaired) electrons. The molecule has 7 nitrogen and oxygen atoms in total. The largest absolute Gasteiger partial charge is 0.497 e. The van der Waals surface area contributed by atoms with Crippen LogP contribution in [0.25, 0.3) is 10.8 Å². The average Bonchev–Trinajstić information content (AvgIpc) is 3.27. The molecule has 2 saturated heterocycles. The van der Waals surface area contributed by atoms with Gasteiger partial charge in [0.05, 0.1) is 7.11 Å². The van der Waals surface area contributed by atoms with Gasteiger partial charge < -0.3 is 20.3 Å². The van der Waals surface area contributed by atoms with Gasteiger partial charge in [0.2, 0.25) is 11.8 Å². The molecule has 2 heterocycles. The minimum Gasteiger partial charge on any atom is -0.497 e. The SMILES string of the molecule is COc1ccc(C[C@@H]2NC(=O)[C@@H]3C[C@H](NC(=O)c4cccc5ccccc45)CN3C2=O)cc1. The van der Waals surface area contributed by atoms with Gasteiger partial charge in [0.25, 0.3) is 5.91 Å². The van der Waals surface area contributed by atoms with Crippen LogP contribution in [0.1, 0.15) is 22.3 Å². The fourth-order valence-electron chi connectivity index (χ4n) is 4.78. The summed E-state index contributed by atoms with van der Waals surface area (Å²) in [7, 11) is 1.60. The Bertz CT molecular complexity index is 1220. The third-order valence-corrected chi connectivity index (χ3v) is 6.47. The summed E-state index contributed by atoms with van der Waals surface area (Å²) in [5.41, 5.74) is 1.53. The molecule has 2 fully saturated rings. The zero-order valence-corrected chi connectivity index (χ0v) is 18.3. The van der Waals surface area contributed by atoms with Gasteiger partial charge in [0.1, 0.15) is 17.8 Å². The number of piperazine rings is 1. The zero-order chi connectivity index (χ0) is 22.9. The second kappa shape index (κ2) is 8.58. The van der Waals surface area contributed by atoms with E-state index in [0.29, 0.717) is 24.9 Å². The van der Waals surface area contributed by atoms with E-state index in [4.69, 9.17) is 4.74 Å². The van der Waals surface area contributed by atoms with Crippen molar-refractivity contribution in [3.63, 3.8) is 0 Å². The van der Waals surface area contributed by atoms with Crippen LogP contribution in [0.3, 0.4) is 0 Å². The van der Waals surface area contributed by atoms with Gasteiger partial charge in [-0.3, -0.25) is 14.4 Å². The quantitative estimate of drug-likeness (QED) is 0.634. The molecule has 2 aliphatic heterocycles. The first-order valence-electron chi connectivity index (χ1n) is 11.1. The number of methoxy groups -OCH3 is 1.